The predicted octanol–water partition coefficient (Wildman–Crippen LogP) is 4.63. The first-order chi connectivity index (χ1) is 13.0. The van der Waals surface area contributed by atoms with E-state index in [4.69, 9.17) is 14.8 Å². The summed E-state index contributed by atoms with van der Waals surface area (Å²) in [4.78, 5) is 5.48. The summed E-state index contributed by atoms with van der Waals surface area (Å²) in [6.07, 6.45) is -0.359. The van der Waals surface area contributed by atoms with Gasteiger partial charge in [0.1, 0.15) is 17.3 Å². The maximum absolute atomic E-state index is 14.6. The Kier molecular flexibility index (Phi) is 3.11. The third-order valence-corrected chi connectivity index (χ3v) is 4.81. The van der Waals surface area contributed by atoms with Gasteiger partial charge in [0.2, 0.25) is 6.10 Å². The van der Waals surface area contributed by atoms with Crippen LogP contribution in [0.5, 0.6) is 11.5 Å². The van der Waals surface area contributed by atoms with Crippen LogP contribution >= 0.6 is 0 Å². The maximum atomic E-state index is 14.6. The Hall–Kier alpha value is -3.40. The van der Waals surface area contributed by atoms with Crippen LogP contribution in [0.25, 0.3) is 11.3 Å². The van der Waals surface area contributed by atoms with E-state index < -0.39 is 24.3 Å². The highest BCUT2D eigenvalue weighted by atomic mass is 19.3. The van der Waals surface area contributed by atoms with E-state index in [9.17, 15) is 13.2 Å². The molecule has 0 radical (unpaired) electrons. The van der Waals surface area contributed by atoms with Crippen molar-refractivity contribution in [3.05, 3.63) is 71.2 Å². The minimum Gasteiger partial charge on any atom is -0.457 e. The Balaban J connectivity index is 1.64. The van der Waals surface area contributed by atoms with Gasteiger partial charge in [0, 0.05) is 35.4 Å². The van der Waals surface area contributed by atoms with E-state index in [0.29, 0.717) is 22.4 Å². The molecule has 0 amide bonds. The number of alkyl halides is 2. The molecule has 1 unspecified atom stereocenters. The van der Waals surface area contributed by atoms with Gasteiger partial charge in [-0.15, -0.1) is 0 Å². The SMILES string of the molecule is N#Cc1cc(F)cc(Oc2ccc3c4c2CC(F)(F)C4On2cccc2-3)c1. The minimum atomic E-state index is -3.10. The quantitative estimate of drug-likeness (QED) is 0.662. The molecule has 1 aliphatic carbocycles. The Bertz CT molecular complexity index is 1130. The van der Waals surface area contributed by atoms with Crippen LogP contribution in [0.15, 0.2) is 48.7 Å². The van der Waals surface area contributed by atoms with Crippen molar-refractivity contribution >= 4 is 0 Å². The second kappa shape index (κ2) is 5.30. The molecule has 0 N–H and O–H groups in total. The van der Waals surface area contributed by atoms with Gasteiger partial charge in [-0.25, -0.2) is 13.2 Å². The normalized spacial score (nSPS) is 18.2. The number of hydrogen-bond acceptors (Lipinski definition) is 3. The predicted molar refractivity (Wildman–Crippen MR) is 89.0 cm³/mol. The number of nitriles is 1. The molecular weight excluding hydrogens is 357 g/mol. The summed E-state index contributed by atoms with van der Waals surface area (Å²) in [6, 6.07) is 12.2. The molecule has 0 spiro atoms. The lowest BCUT2D eigenvalue weighted by molar-refractivity contribution is -0.132. The van der Waals surface area contributed by atoms with Crippen LogP contribution in [0.1, 0.15) is 22.8 Å². The number of halogens is 3. The van der Waals surface area contributed by atoms with Gasteiger partial charge in [-0.2, -0.15) is 9.99 Å². The fraction of sp³-hybridized carbons (Fsp3) is 0.150. The smallest absolute Gasteiger partial charge is 0.295 e. The first-order valence-electron chi connectivity index (χ1n) is 8.23. The fourth-order valence-electron chi connectivity index (χ4n) is 3.71. The second-order valence-electron chi connectivity index (χ2n) is 6.54. The number of rotatable bonds is 2. The van der Waals surface area contributed by atoms with Crippen molar-refractivity contribution < 1.29 is 22.7 Å². The van der Waals surface area contributed by atoms with Crippen LogP contribution in [0, 0.1) is 17.1 Å². The Morgan fingerprint density at radius 1 is 1.22 bits per heavy atom. The first-order valence-corrected chi connectivity index (χ1v) is 8.23. The van der Waals surface area contributed by atoms with Crippen molar-refractivity contribution in [3.63, 3.8) is 0 Å². The van der Waals surface area contributed by atoms with Crippen molar-refractivity contribution in [1.82, 2.24) is 4.73 Å². The molecule has 0 fully saturated rings. The molecule has 2 aliphatic rings. The number of nitrogens with zero attached hydrogens (tertiary/aromatic N) is 2. The molecule has 2 aromatic carbocycles. The summed E-state index contributed by atoms with van der Waals surface area (Å²) in [5, 5.41) is 8.97. The van der Waals surface area contributed by atoms with E-state index in [1.54, 1.807) is 30.5 Å². The lowest BCUT2D eigenvalue weighted by atomic mass is 9.98. The van der Waals surface area contributed by atoms with Crippen molar-refractivity contribution in [2.75, 3.05) is 0 Å². The summed E-state index contributed by atoms with van der Waals surface area (Å²) >= 11 is 0. The summed E-state index contributed by atoms with van der Waals surface area (Å²) in [6.45, 7) is 0. The molecule has 1 atom stereocenters. The van der Waals surface area contributed by atoms with E-state index in [0.717, 1.165) is 12.1 Å². The summed E-state index contributed by atoms with van der Waals surface area (Å²) < 4.78 is 49.9. The molecule has 3 aromatic rings. The van der Waals surface area contributed by atoms with Crippen molar-refractivity contribution in [3.8, 4) is 28.8 Å². The van der Waals surface area contributed by atoms with Crippen LogP contribution in [-0.2, 0) is 6.42 Å². The van der Waals surface area contributed by atoms with Crippen LogP contribution in [-0.4, -0.2) is 10.7 Å². The van der Waals surface area contributed by atoms with E-state index in [1.807, 2.05) is 6.07 Å². The lowest BCUT2D eigenvalue weighted by Gasteiger charge is -2.28. The van der Waals surface area contributed by atoms with E-state index in [1.165, 1.54) is 10.8 Å². The molecule has 0 bridgehead atoms. The summed E-state index contributed by atoms with van der Waals surface area (Å²) in [5.74, 6) is -3.45. The van der Waals surface area contributed by atoms with Crippen LogP contribution in [0.4, 0.5) is 13.2 Å². The zero-order valence-corrected chi connectivity index (χ0v) is 13.7. The third-order valence-electron chi connectivity index (χ3n) is 4.81. The van der Waals surface area contributed by atoms with Crippen LogP contribution in [0.2, 0.25) is 0 Å². The van der Waals surface area contributed by atoms with Gasteiger partial charge in [-0.05, 0) is 36.4 Å². The average Bonchev–Trinajstić information content (AvgIpc) is 3.20. The van der Waals surface area contributed by atoms with Crippen molar-refractivity contribution in [2.24, 2.45) is 0 Å². The molecule has 0 saturated heterocycles. The lowest BCUT2D eigenvalue weighted by Crippen LogP contribution is -2.33. The second-order valence-corrected chi connectivity index (χ2v) is 6.54. The monoisotopic (exact) mass is 368 g/mol. The number of benzene rings is 2. The highest BCUT2D eigenvalue weighted by Crippen LogP contribution is 2.53. The molecule has 7 heteroatoms. The molecule has 27 heavy (non-hydrogen) atoms. The number of ether oxygens (including phenoxy) is 1. The third kappa shape index (κ3) is 2.30. The van der Waals surface area contributed by atoms with E-state index in [-0.39, 0.29) is 17.1 Å². The molecular formula is C20H11F3N2O2. The maximum Gasteiger partial charge on any atom is 0.295 e. The van der Waals surface area contributed by atoms with Gasteiger partial charge in [-0.1, -0.05) is 0 Å². The van der Waals surface area contributed by atoms with Gasteiger partial charge < -0.3 is 9.57 Å². The number of hydrogen-bond donors (Lipinski definition) is 0. The van der Waals surface area contributed by atoms with Crippen LogP contribution < -0.4 is 9.57 Å². The highest BCUT2D eigenvalue weighted by molar-refractivity contribution is 5.72. The molecule has 2 heterocycles. The van der Waals surface area contributed by atoms with Gasteiger partial charge in [-0.3, -0.25) is 0 Å². The molecule has 134 valence electrons. The largest absolute Gasteiger partial charge is 0.457 e. The zero-order chi connectivity index (χ0) is 18.8. The molecule has 5 rings (SSSR count). The average molecular weight is 368 g/mol. The van der Waals surface area contributed by atoms with Crippen molar-refractivity contribution in [1.29, 1.82) is 5.26 Å². The van der Waals surface area contributed by atoms with Crippen LogP contribution in [0.3, 0.4) is 0 Å². The van der Waals surface area contributed by atoms with E-state index in [2.05, 4.69) is 0 Å². The van der Waals surface area contributed by atoms with Gasteiger partial charge in [0.15, 0.2) is 0 Å². The Morgan fingerprint density at radius 2 is 2.07 bits per heavy atom. The standard InChI is InChI=1S/C20H11F3N2O2/c21-12-6-11(10-24)7-13(8-12)26-17-4-3-14-16-2-1-5-25(16)27-19-18(14)15(17)9-20(19,22)23/h1-8,19H,9H2. The molecule has 1 aliphatic heterocycles. The Morgan fingerprint density at radius 3 is 2.89 bits per heavy atom. The van der Waals surface area contributed by atoms with Gasteiger partial charge in [0.25, 0.3) is 5.92 Å². The zero-order valence-electron chi connectivity index (χ0n) is 13.7. The van der Waals surface area contributed by atoms with Gasteiger partial charge in [0.05, 0.1) is 17.3 Å². The number of fused-ring (bicyclic) bond motifs is 2. The fourth-order valence-corrected chi connectivity index (χ4v) is 3.71. The van der Waals surface area contributed by atoms with Crippen molar-refractivity contribution in [2.45, 2.75) is 18.4 Å². The highest BCUT2D eigenvalue weighted by Gasteiger charge is 2.54. The van der Waals surface area contributed by atoms with Gasteiger partial charge >= 0.3 is 0 Å². The molecule has 1 aromatic heterocycles. The summed E-state index contributed by atoms with van der Waals surface area (Å²) in [7, 11) is 0. The van der Waals surface area contributed by atoms with E-state index >= 15 is 0 Å². The summed E-state index contributed by atoms with van der Waals surface area (Å²) in [5.41, 5.74) is 2.15. The first kappa shape index (κ1) is 15.8. The number of aromatic nitrogens is 1. The topological polar surface area (TPSA) is 47.2 Å². The Labute approximate surface area is 151 Å². The molecule has 4 nitrogen and oxygen atoms in total. The minimum absolute atomic E-state index is 0.0784. The molecule has 0 saturated carbocycles.